The van der Waals surface area contributed by atoms with Gasteiger partial charge in [0, 0.05) is 35.1 Å². The molecule has 146 valence electrons. The average Bonchev–Trinajstić information content (AvgIpc) is 2.66. The summed E-state index contributed by atoms with van der Waals surface area (Å²) < 4.78 is 0. The van der Waals surface area contributed by atoms with Gasteiger partial charge in [-0.25, -0.2) is 0 Å². The van der Waals surface area contributed by atoms with Gasteiger partial charge in [0.15, 0.2) is 0 Å². The van der Waals surface area contributed by atoms with Crippen LogP contribution in [0.2, 0.25) is 0 Å². The van der Waals surface area contributed by atoms with Gasteiger partial charge in [-0.15, -0.1) is 0 Å². The molecule has 3 aromatic rings. The van der Waals surface area contributed by atoms with Crippen LogP contribution in [0.15, 0.2) is 42.5 Å². The third-order valence-corrected chi connectivity index (χ3v) is 6.10. The van der Waals surface area contributed by atoms with E-state index in [1.54, 1.807) is 0 Å². The fourth-order valence-corrected chi connectivity index (χ4v) is 4.69. The Morgan fingerprint density at radius 2 is 1.71 bits per heavy atom. The van der Waals surface area contributed by atoms with Gasteiger partial charge in [-0.3, -0.25) is 14.9 Å². The number of benzene rings is 1. The van der Waals surface area contributed by atoms with Crippen molar-refractivity contribution in [2.45, 2.75) is 53.0 Å². The molecule has 2 atom stereocenters. The van der Waals surface area contributed by atoms with E-state index in [-0.39, 0.29) is 0 Å². The summed E-state index contributed by atoms with van der Waals surface area (Å²) in [6.45, 7) is 11.0. The van der Waals surface area contributed by atoms with Crippen LogP contribution in [0.5, 0.6) is 0 Å². The lowest BCUT2D eigenvalue weighted by molar-refractivity contribution is 0.131. The van der Waals surface area contributed by atoms with Crippen molar-refractivity contribution in [2.24, 2.45) is 5.92 Å². The van der Waals surface area contributed by atoms with Crippen LogP contribution >= 0.6 is 0 Å². The number of rotatable bonds is 4. The molecular weight excluding hydrogens is 342 g/mol. The fraction of sp³-hybridized carbons (Fsp3) is 0.440. The summed E-state index contributed by atoms with van der Waals surface area (Å²) in [5, 5.41) is 1.22. The maximum Gasteiger partial charge on any atom is 0.0708 e. The highest BCUT2D eigenvalue weighted by Gasteiger charge is 2.25. The van der Waals surface area contributed by atoms with Crippen molar-refractivity contribution in [3.05, 3.63) is 70.7 Å². The van der Waals surface area contributed by atoms with Crippen molar-refractivity contribution in [1.82, 2.24) is 14.9 Å². The largest absolute Gasteiger partial charge is 0.296 e. The Bertz CT molecular complexity index is 958. The Labute approximate surface area is 168 Å². The molecule has 1 aliphatic rings. The zero-order chi connectivity index (χ0) is 19.7. The van der Waals surface area contributed by atoms with Crippen molar-refractivity contribution in [1.29, 1.82) is 0 Å². The molecule has 0 saturated carbocycles. The molecule has 1 saturated heterocycles. The predicted molar refractivity (Wildman–Crippen MR) is 117 cm³/mol. The molecule has 28 heavy (non-hydrogen) atoms. The van der Waals surface area contributed by atoms with Crippen molar-refractivity contribution in [2.75, 3.05) is 13.1 Å². The van der Waals surface area contributed by atoms with E-state index in [2.05, 4.69) is 80.0 Å². The van der Waals surface area contributed by atoms with E-state index in [9.17, 15) is 0 Å². The fourth-order valence-electron chi connectivity index (χ4n) is 4.69. The summed E-state index contributed by atoms with van der Waals surface area (Å²) in [5.74, 6) is 0.721. The minimum absolute atomic E-state index is 0.426. The van der Waals surface area contributed by atoms with Gasteiger partial charge in [-0.2, -0.15) is 0 Å². The number of piperidine rings is 1. The van der Waals surface area contributed by atoms with Crippen LogP contribution in [0.25, 0.3) is 10.9 Å². The second-order valence-corrected chi connectivity index (χ2v) is 8.55. The Kier molecular flexibility index (Phi) is 5.45. The minimum atomic E-state index is 0.426. The summed E-state index contributed by atoms with van der Waals surface area (Å²) in [6, 6.07) is 16.0. The number of nitrogens with zero attached hydrogens (tertiary/aromatic N) is 3. The number of hydrogen-bond donors (Lipinski definition) is 0. The van der Waals surface area contributed by atoms with Crippen LogP contribution in [0.4, 0.5) is 0 Å². The molecule has 3 heteroatoms. The summed E-state index contributed by atoms with van der Waals surface area (Å²) in [7, 11) is 0. The molecule has 1 unspecified atom stereocenters. The molecule has 3 nitrogen and oxygen atoms in total. The number of hydrogen-bond acceptors (Lipinski definition) is 3. The predicted octanol–water partition coefficient (Wildman–Crippen LogP) is 5.57. The third kappa shape index (κ3) is 4.25. The lowest BCUT2D eigenvalue weighted by Crippen LogP contribution is -2.38. The van der Waals surface area contributed by atoms with Crippen LogP contribution in [0.1, 0.15) is 54.0 Å². The average molecular weight is 374 g/mol. The zero-order valence-electron chi connectivity index (χ0n) is 17.6. The second-order valence-electron chi connectivity index (χ2n) is 8.55. The van der Waals surface area contributed by atoms with E-state index >= 15 is 0 Å². The molecule has 3 heterocycles. The first kappa shape index (κ1) is 19.1. The Hall–Kier alpha value is -2.26. The van der Waals surface area contributed by atoms with Crippen molar-refractivity contribution >= 4 is 10.9 Å². The number of fused-ring (bicyclic) bond motifs is 1. The molecule has 0 amide bonds. The first-order valence-corrected chi connectivity index (χ1v) is 10.5. The lowest BCUT2D eigenvalue weighted by atomic mass is 9.89. The topological polar surface area (TPSA) is 29.0 Å². The Balaban J connectivity index is 1.49. The first-order chi connectivity index (χ1) is 13.5. The van der Waals surface area contributed by atoms with Gasteiger partial charge >= 0.3 is 0 Å². The smallest absolute Gasteiger partial charge is 0.0708 e. The van der Waals surface area contributed by atoms with E-state index in [0.29, 0.717) is 6.04 Å². The first-order valence-electron chi connectivity index (χ1n) is 10.5. The normalized spacial score (nSPS) is 19.1. The number of aromatic nitrogens is 2. The van der Waals surface area contributed by atoms with E-state index in [4.69, 9.17) is 4.98 Å². The molecule has 2 aromatic heterocycles. The van der Waals surface area contributed by atoms with Gasteiger partial charge in [-0.05, 0) is 94.8 Å². The van der Waals surface area contributed by atoms with Crippen LogP contribution in [0, 0.1) is 26.7 Å². The molecular formula is C25H31N3. The van der Waals surface area contributed by atoms with Gasteiger partial charge < -0.3 is 0 Å². The standard InChI is InChI=1S/C25H31N3/c1-17-7-8-23-9-10-24(15-25(23)27-17)20(4)28-11-5-6-21(16-28)14-22-12-18(2)26-19(3)13-22/h7-10,12-13,15,20-21H,5-6,11,14,16H2,1-4H3/t20-,21?/m0/s1. The van der Waals surface area contributed by atoms with Crippen LogP contribution in [-0.2, 0) is 6.42 Å². The molecule has 1 aliphatic heterocycles. The van der Waals surface area contributed by atoms with E-state index in [1.807, 2.05) is 0 Å². The molecule has 0 spiro atoms. The quantitative estimate of drug-likeness (QED) is 0.598. The number of likely N-dealkylation sites (tertiary alicyclic amines) is 1. The van der Waals surface area contributed by atoms with E-state index in [0.717, 1.165) is 34.9 Å². The summed E-state index contributed by atoms with van der Waals surface area (Å²) in [4.78, 5) is 11.9. The molecule has 0 N–H and O–H groups in total. The number of pyridine rings is 2. The molecule has 1 aromatic carbocycles. The van der Waals surface area contributed by atoms with Crippen molar-refractivity contribution in [3.8, 4) is 0 Å². The monoisotopic (exact) mass is 373 g/mol. The highest BCUT2D eigenvalue weighted by Crippen LogP contribution is 2.30. The van der Waals surface area contributed by atoms with Gasteiger partial charge in [0.1, 0.15) is 0 Å². The molecule has 1 fully saturated rings. The van der Waals surface area contributed by atoms with Gasteiger partial charge in [-0.1, -0.05) is 18.2 Å². The van der Waals surface area contributed by atoms with Gasteiger partial charge in [0.05, 0.1) is 5.52 Å². The molecule has 0 aliphatic carbocycles. The van der Waals surface area contributed by atoms with Gasteiger partial charge in [0.2, 0.25) is 0 Å². The molecule has 4 rings (SSSR count). The third-order valence-electron chi connectivity index (χ3n) is 6.10. The van der Waals surface area contributed by atoms with E-state index < -0.39 is 0 Å². The number of aryl methyl sites for hydroxylation is 3. The lowest BCUT2D eigenvalue weighted by Gasteiger charge is -2.37. The van der Waals surface area contributed by atoms with Crippen LogP contribution in [0.3, 0.4) is 0 Å². The summed E-state index contributed by atoms with van der Waals surface area (Å²) in [6.07, 6.45) is 3.76. The van der Waals surface area contributed by atoms with Crippen molar-refractivity contribution in [3.63, 3.8) is 0 Å². The SMILES string of the molecule is Cc1cc(CC2CCCN([C@@H](C)c3ccc4ccc(C)nc4c3)C2)cc(C)n1. The maximum absolute atomic E-state index is 4.73. The Morgan fingerprint density at radius 1 is 0.964 bits per heavy atom. The second kappa shape index (κ2) is 8.00. The Morgan fingerprint density at radius 3 is 2.50 bits per heavy atom. The van der Waals surface area contributed by atoms with Crippen molar-refractivity contribution < 1.29 is 0 Å². The summed E-state index contributed by atoms with van der Waals surface area (Å²) >= 11 is 0. The highest BCUT2D eigenvalue weighted by atomic mass is 15.2. The van der Waals surface area contributed by atoms with Crippen LogP contribution in [-0.4, -0.2) is 28.0 Å². The highest BCUT2D eigenvalue weighted by molar-refractivity contribution is 5.79. The molecule has 0 radical (unpaired) electrons. The molecule has 0 bridgehead atoms. The maximum atomic E-state index is 4.73. The minimum Gasteiger partial charge on any atom is -0.296 e. The van der Waals surface area contributed by atoms with E-state index in [1.165, 1.54) is 42.4 Å². The van der Waals surface area contributed by atoms with Crippen LogP contribution < -0.4 is 0 Å². The zero-order valence-corrected chi connectivity index (χ0v) is 17.6. The van der Waals surface area contributed by atoms with Gasteiger partial charge in [0.25, 0.3) is 0 Å². The summed E-state index contributed by atoms with van der Waals surface area (Å²) in [5.41, 5.74) is 7.28.